The number of imidazole rings is 1. The van der Waals surface area contributed by atoms with E-state index in [9.17, 15) is 13.2 Å². The minimum atomic E-state index is -4.44. The average Bonchev–Trinajstić information content (AvgIpc) is 2.99. The minimum Gasteiger partial charge on any atom is -0.348 e. The molecule has 0 bridgehead atoms. The van der Waals surface area contributed by atoms with Crippen molar-refractivity contribution in [3.05, 3.63) is 35.7 Å². The van der Waals surface area contributed by atoms with Gasteiger partial charge in [0.05, 0.1) is 6.33 Å². The van der Waals surface area contributed by atoms with E-state index in [1.54, 1.807) is 13.3 Å². The van der Waals surface area contributed by atoms with Crippen molar-refractivity contribution >= 4 is 5.95 Å². The van der Waals surface area contributed by atoms with Gasteiger partial charge in [-0.25, -0.2) is 15.0 Å². The summed E-state index contributed by atoms with van der Waals surface area (Å²) in [6.45, 7) is 2.89. The van der Waals surface area contributed by atoms with Crippen LogP contribution < -0.4 is 4.90 Å². The molecule has 0 saturated carbocycles. The van der Waals surface area contributed by atoms with Crippen LogP contribution >= 0.6 is 0 Å². The normalized spacial score (nSPS) is 16.8. The standard InChI is InChI=1S/C15H18F3N5/c1-10-6-13(15(16,17)18)22-14(21-10)23-4-2-11(3-5-23)7-12-8-19-9-20-12/h6,8-9,11H,2-5,7H2,1H3,(H,19,20). The molecule has 2 aromatic heterocycles. The number of alkyl halides is 3. The number of aryl methyl sites for hydroxylation is 1. The largest absolute Gasteiger partial charge is 0.433 e. The zero-order valence-corrected chi connectivity index (χ0v) is 12.8. The fraction of sp³-hybridized carbons (Fsp3) is 0.533. The molecule has 23 heavy (non-hydrogen) atoms. The second-order valence-corrected chi connectivity index (χ2v) is 5.90. The Kier molecular flexibility index (Phi) is 4.23. The fourth-order valence-corrected chi connectivity index (χ4v) is 2.88. The highest BCUT2D eigenvalue weighted by molar-refractivity contribution is 5.33. The predicted molar refractivity (Wildman–Crippen MR) is 79.0 cm³/mol. The van der Waals surface area contributed by atoms with Gasteiger partial charge < -0.3 is 9.88 Å². The summed E-state index contributed by atoms with van der Waals surface area (Å²) in [5, 5.41) is 0. The summed E-state index contributed by atoms with van der Waals surface area (Å²) in [6.07, 6.45) is 1.74. The van der Waals surface area contributed by atoms with E-state index in [2.05, 4.69) is 19.9 Å². The Morgan fingerprint density at radius 2 is 2.00 bits per heavy atom. The molecule has 5 nitrogen and oxygen atoms in total. The lowest BCUT2D eigenvalue weighted by atomic mass is 9.92. The third-order valence-corrected chi connectivity index (χ3v) is 4.09. The summed E-state index contributed by atoms with van der Waals surface area (Å²) in [7, 11) is 0. The molecule has 0 unspecified atom stereocenters. The number of aromatic amines is 1. The summed E-state index contributed by atoms with van der Waals surface area (Å²) in [5.74, 6) is 0.677. The Labute approximate surface area is 132 Å². The van der Waals surface area contributed by atoms with Gasteiger partial charge >= 0.3 is 6.18 Å². The zero-order chi connectivity index (χ0) is 16.4. The van der Waals surface area contributed by atoms with Crippen LogP contribution in [0.2, 0.25) is 0 Å². The van der Waals surface area contributed by atoms with E-state index in [4.69, 9.17) is 0 Å². The maximum absolute atomic E-state index is 12.9. The van der Waals surface area contributed by atoms with Gasteiger partial charge in [0.25, 0.3) is 0 Å². The first-order chi connectivity index (χ1) is 10.9. The third-order valence-electron chi connectivity index (χ3n) is 4.09. The van der Waals surface area contributed by atoms with Gasteiger partial charge in [-0.15, -0.1) is 0 Å². The summed E-state index contributed by atoms with van der Waals surface area (Å²) >= 11 is 0. The van der Waals surface area contributed by atoms with E-state index < -0.39 is 11.9 Å². The number of hydrogen-bond acceptors (Lipinski definition) is 4. The van der Waals surface area contributed by atoms with Crippen LogP contribution in [-0.2, 0) is 12.6 Å². The van der Waals surface area contributed by atoms with E-state index in [1.807, 2.05) is 11.1 Å². The van der Waals surface area contributed by atoms with Gasteiger partial charge in [0.2, 0.25) is 5.95 Å². The Morgan fingerprint density at radius 1 is 1.26 bits per heavy atom. The number of rotatable bonds is 3. The summed E-state index contributed by atoms with van der Waals surface area (Å²) in [4.78, 5) is 16.8. The van der Waals surface area contributed by atoms with Crippen molar-refractivity contribution in [1.82, 2.24) is 19.9 Å². The molecule has 1 aliphatic heterocycles. The molecular formula is C15H18F3N5. The maximum atomic E-state index is 12.9. The molecular weight excluding hydrogens is 307 g/mol. The molecule has 1 saturated heterocycles. The summed E-state index contributed by atoms with van der Waals surface area (Å²) < 4.78 is 38.6. The van der Waals surface area contributed by atoms with Crippen LogP contribution in [0.15, 0.2) is 18.6 Å². The number of piperidine rings is 1. The first-order valence-electron chi connectivity index (χ1n) is 7.57. The molecule has 1 fully saturated rings. The third kappa shape index (κ3) is 3.80. The van der Waals surface area contributed by atoms with Crippen molar-refractivity contribution in [2.24, 2.45) is 5.92 Å². The molecule has 0 aromatic carbocycles. The number of anilines is 1. The highest BCUT2D eigenvalue weighted by Crippen LogP contribution is 2.30. The van der Waals surface area contributed by atoms with Gasteiger partial charge in [-0.05, 0) is 38.2 Å². The Balaban J connectivity index is 1.66. The van der Waals surface area contributed by atoms with Crippen molar-refractivity contribution in [2.75, 3.05) is 18.0 Å². The summed E-state index contributed by atoms with van der Waals surface area (Å²) in [6, 6.07) is 0.981. The van der Waals surface area contributed by atoms with Gasteiger partial charge in [-0.3, -0.25) is 0 Å². The second kappa shape index (κ2) is 6.17. The van der Waals surface area contributed by atoms with Gasteiger partial charge in [-0.1, -0.05) is 0 Å². The lowest BCUT2D eigenvalue weighted by Crippen LogP contribution is -2.36. The van der Waals surface area contributed by atoms with Crippen molar-refractivity contribution in [3.63, 3.8) is 0 Å². The van der Waals surface area contributed by atoms with Crippen LogP contribution in [0, 0.1) is 12.8 Å². The first-order valence-corrected chi connectivity index (χ1v) is 7.57. The van der Waals surface area contributed by atoms with Crippen LogP contribution in [-0.4, -0.2) is 33.0 Å². The predicted octanol–water partition coefficient (Wildman–Crippen LogP) is 2.99. The maximum Gasteiger partial charge on any atom is 0.433 e. The molecule has 1 N–H and O–H groups in total. The molecule has 0 amide bonds. The Bertz CT molecular complexity index is 646. The quantitative estimate of drug-likeness (QED) is 0.942. The van der Waals surface area contributed by atoms with Gasteiger partial charge in [0.15, 0.2) is 0 Å². The molecule has 2 aromatic rings. The molecule has 0 atom stereocenters. The van der Waals surface area contributed by atoms with Crippen LogP contribution in [0.25, 0.3) is 0 Å². The molecule has 124 valence electrons. The highest BCUT2D eigenvalue weighted by Gasteiger charge is 2.34. The van der Waals surface area contributed by atoms with Gasteiger partial charge in [0, 0.05) is 30.7 Å². The lowest BCUT2D eigenvalue weighted by Gasteiger charge is -2.32. The fourth-order valence-electron chi connectivity index (χ4n) is 2.88. The Hall–Kier alpha value is -2.12. The van der Waals surface area contributed by atoms with E-state index in [0.717, 1.165) is 31.0 Å². The molecule has 0 radical (unpaired) electrons. The average molecular weight is 325 g/mol. The number of hydrogen-bond donors (Lipinski definition) is 1. The van der Waals surface area contributed by atoms with Gasteiger partial charge in [-0.2, -0.15) is 13.2 Å². The van der Waals surface area contributed by atoms with Crippen molar-refractivity contribution in [3.8, 4) is 0 Å². The highest BCUT2D eigenvalue weighted by atomic mass is 19.4. The van der Waals surface area contributed by atoms with E-state index in [0.29, 0.717) is 24.7 Å². The summed E-state index contributed by atoms with van der Waals surface area (Å²) in [5.41, 5.74) is 0.552. The van der Waals surface area contributed by atoms with Crippen LogP contribution in [0.3, 0.4) is 0 Å². The van der Waals surface area contributed by atoms with Crippen molar-refractivity contribution in [1.29, 1.82) is 0 Å². The molecule has 3 heterocycles. The molecule has 1 aliphatic rings. The van der Waals surface area contributed by atoms with Crippen LogP contribution in [0.1, 0.15) is 29.9 Å². The molecule has 0 aliphatic carbocycles. The number of nitrogens with zero attached hydrogens (tertiary/aromatic N) is 4. The topological polar surface area (TPSA) is 57.7 Å². The van der Waals surface area contributed by atoms with Crippen LogP contribution in [0.4, 0.5) is 19.1 Å². The SMILES string of the molecule is Cc1cc(C(F)(F)F)nc(N2CCC(Cc3cnc[nH]3)CC2)n1. The number of aromatic nitrogens is 4. The molecule has 3 rings (SSSR count). The number of halogens is 3. The molecule has 0 spiro atoms. The van der Waals surface area contributed by atoms with Crippen molar-refractivity contribution in [2.45, 2.75) is 32.4 Å². The van der Waals surface area contributed by atoms with E-state index in [1.165, 1.54) is 0 Å². The monoisotopic (exact) mass is 325 g/mol. The van der Waals surface area contributed by atoms with E-state index in [-0.39, 0.29) is 5.95 Å². The number of nitrogens with one attached hydrogen (secondary N) is 1. The Morgan fingerprint density at radius 3 is 2.61 bits per heavy atom. The smallest absolute Gasteiger partial charge is 0.348 e. The van der Waals surface area contributed by atoms with Crippen molar-refractivity contribution < 1.29 is 13.2 Å². The zero-order valence-electron chi connectivity index (χ0n) is 12.8. The first kappa shape index (κ1) is 15.8. The lowest BCUT2D eigenvalue weighted by molar-refractivity contribution is -0.141. The van der Waals surface area contributed by atoms with Crippen LogP contribution in [0.5, 0.6) is 0 Å². The minimum absolute atomic E-state index is 0.178. The van der Waals surface area contributed by atoms with E-state index >= 15 is 0 Å². The van der Waals surface area contributed by atoms with Gasteiger partial charge in [0.1, 0.15) is 5.69 Å². The molecule has 8 heteroatoms. The second-order valence-electron chi connectivity index (χ2n) is 5.90. The number of H-pyrrole nitrogens is 1.